The number of piperazine rings is 1. The van der Waals surface area contributed by atoms with Gasteiger partial charge in [0.2, 0.25) is 0 Å². The van der Waals surface area contributed by atoms with Gasteiger partial charge in [-0.2, -0.15) is 0 Å². The molecule has 2 rings (SSSR count). The molecule has 1 aliphatic rings. The Balaban J connectivity index is 1.74. The molecule has 0 spiro atoms. The highest BCUT2D eigenvalue weighted by Gasteiger charge is 2.14. The van der Waals surface area contributed by atoms with E-state index in [9.17, 15) is 4.79 Å². The van der Waals surface area contributed by atoms with Gasteiger partial charge < -0.3 is 15.1 Å². The van der Waals surface area contributed by atoms with E-state index in [-0.39, 0.29) is 5.91 Å². The fourth-order valence-corrected chi connectivity index (χ4v) is 3.12. The molecule has 1 saturated heterocycles. The number of thioether (sulfide) groups is 1. The SMILES string of the molecule is CSc1ccc(Cl)c(C(=O)NCCCN2CCN(C)CC2)c1. The average molecular weight is 342 g/mol. The number of halogens is 1. The third-order valence-electron chi connectivity index (χ3n) is 3.95. The van der Waals surface area contributed by atoms with Crippen LogP contribution in [0.5, 0.6) is 0 Å². The van der Waals surface area contributed by atoms with Crippen molar-refractivity contribution >= 4 is 29.3 Å². The van der Waals surface area contributed by atoms with Gasteiger partial charge in [0.25, 0.3) is 5.91 Å². The average Bonchev–Trinajstić information content (AvgIpc) is 2.53. The van der Waals surface area contributed by atoms with Crippen molar-refractivity contribution in [2.24, 2.45) is 0 Å². The second-order valence-corrected chi connectivity index (χ2v) is 6.89. The number of nitrogens with one attached hydrogen (secondary N) is 1. The summed E-state index contributed by atoms with van der Waals surface area (Å²) in [4.78, 5) is 18.0. The van der Waals surface area contributed by atoms with Crippen LogP contribution >= 0.6 is 23.4 Å². The quantitative estimate of drug-likeness (QED) is 0.636. The highest BCUT2D eigenvalue weighted by Crippen LogP contribution is 2.22. The monoisotopic (exact) mass is 341 g/mol. The largest absolute Gasteiger partial charge is 0.352 e. The lowest BCUT2D eigenvalue weighted by Crippen LogP contribution is -2.45. The maximum atomic E-state index is 12.2. The molecule has 1 heterocycles. The predicted molar refractivity (Wildman–Crippen MR) is 94.1 cm³/mol. The molecule has 6 heteroatoms. The summed E-state index contributed by atoms with van der Waals surface area (Å²) in [7, 11) is 2.16. The number of nitrogens with zero attached hydrogens (tertiary/aromatic N) is 2. The first-order valence-electron chi connectivity index (χ1n) is 7.63. The molecule has 0 saturated carbocycles. The molecule has 1 aromatic carbocycles. The van der Waals surface area contributed by atoms with E-state index in [0.29, 0.717) is 17.1 Å². The van der Waals surface area contributed by atoms with Crippen molar-refractivity contribution in [3.63, 3.8) is 0 Å². The van der Waals surface area contributed by atoms with Crippen LogP contribution in [0, 0.1) is 0 Å². The van der Waals surface area contributed by atoms with Crippen molar-refractivity contribution in [3.8, 4) is 0 Å². The molecule has 0 bridgehead atoms. The van der Waals surface area contributed by atoms with Crippen LogP contribution in [0.2, 0.25) is 5.02 Å². The Morgan fingerprint density at radius 1 is 1.32 bits per heavy atom. The van der Waals surface area contributed by atoms with Crippen molar-refractivity contribution in [1.82, 2.24) is 15.1 Å². The van der Waals surface area contributed by atoms with Gasteiger partial charge in [-0.3, -0.25) is 4.79 Å². The van der Waals surface area contributed by atoms with E-state index in [1.54, 1.807) is 17.8 Å². The summed E-state index contributed by atoms with van der Waals surface area (Å²) in [5, 5.41) is 3.48. The molecule has 22 heavy (non-hydrogen) atoms. The molecule has 0 unspecified atom stereocenters. The van der Waals surface area contributed by atoms with Crippen LogP contribution in [0.3, 0.4) is 0 Å². The van der Waals surface area contributed by atoms with Crippen LogP contribution in [0.25, 0.3) is 0 Å². The number of carbonyl (C=O) groups is 1. The lowest BCUT2D eigenvalue weighted by molar-refractivity contribution is 0.0949. The predicted octanol–water partition coefficient (Wildman–Crippen LogP) is 2.43. The summed E-state index contributed by atoms with van der Waals surface area (Å²) in [6.45, 7) is 6.21. The third kappa shape index (κ3) is 5.16. The van der Waals surface area contributed by atoms with Gasteiger partial charge in [-0.1, -0.05) is 11.6 Å². The van der Waals surface area contributed by atoms with Crippen molar-refractivity contribution in [2.75, 3.05) is 52.6 Å². The molecule has 0 atom stereocenters. The molecule has 0 radical (unpaired) electrons. The summed E-state index contributed by atoms with van der Waals surface area (Å²) >= 11 is 7.72. The van der Waals surface area contributed by atoms with Crippen LogP contribution in [0.4, 0.5) is 0 Å². The molecule has 1 amide bonds. The molecule has 0 aromatic heterocycles. The van der Waals surface area contributed by atoms with Gasteiger partial charge >= 0.3 is 0 Å². The molecular weight excluding hydrogens is 318 g/mol. The highest BCUT2D eigenvalue weighted by atomic mass is 35.5. The summed E-state index contributed by atoms with van der Waals surface area (Å²) in [5.41, 5.74) is 0.563. The van der Waals surface area contributed by atoms with Crippen molar-refractivity contribution in [1.29, 1.82) is 0 Å². The van der Waals surface area contributed by atoms with Gasteiger partial charge in [-0.15, -0.1) is 11.8 Å². The molecular formula is C16H24ClN3OS. The Labute approximate surface area is 142 Å². The first kappa shape index (κ1) is 17.6. The minimum absolute atomic E-state index is 0.0840. The number of amides is 1. The minimum Gasteiger partial charge on any atom is -0.352 e. The first-order chi connectivity index (χ1) is 10.6. The summed E-state index contributed by atoms with van der Waals surface area (Å²) in [5.74, 6) is -0.0840. The minimum atomic E-state index is -0.0840. The molecule has 1 fully saturated rings. The topological polar surface area (TPSA) is 35.6 Å². The molecule has 122 valence electrons. The molecule has 1 N–H and O–H groups in total. The Morgan fingerprint density at radius 2 is 2.05 bits per heavy atom. The van der Waals surface area contributed by atoms with Gasteiger partial charge in [0.15, 0.2) is 0 Å². The zero-order valence-corrected chi connectivity index (χ0v) is 14.8. The van der Waals surface area contributed by atoms with Crippen molar-refractivity contribution < 1.29 is 4.79 Å². The number of likely N-dealkylation sites (N-methyl/N-ethyl adjacent to an activating group) is 1. The number of hydrogen-bond donors (Lipinski definition) is 1. The molecule has 1 aliphatic heterocycles. The number of rotatable bonds is 6. The van der Waals surface area contributed by atoms with Crippen LogP contribution in [0.15, 0.2) is 23.1 Å². The maximum Gasteiger partial charge on any atom is 0.252 e. The van der Waals surface area contributed by atoms with Gasteiger partial charge in [-0.05, 0) is 44.5 Å². The lowest BCUT2D eigenvalue weighted by Gasteiger charge is -2.32. The van der Waals surface area contributed by atoms with Crippen LogP contribution in [-0.4, -0.2) is 68.3 Å². The second-order valence-electron chi connectivity index (χ2n) is 5.60. The molecule has 4 nitrogen and oxygen atoms in total. The van der Waals surface area contributed by atoms with Crippen LogP contribution in [-0.2, 0) is 0 Å². The summed E-state index contributed by atoms with van der Waals surface area (Å²) < 4.78 is 0. The third-order valence-corrected chi connectivity index (χ3v) is 5.01. The van der Waals surface area contributed by atoms with E-state index < -0.39 is 0 Å². The first-order valence-corrected chi connectivity index (χ1v) is 9.23. The van der Waals surface area contributed by atoms with Crippen LogP contribution in [0.1, 0.15) is 16.8 Å². The maximum absolute atomic E-state index is 12.2. The number of hydrogen-bond acceptors (Lipinski definition) is 4. The number of carbonyl (C=O) groups excluding carboxylic acids is 1. The van der Waals surface area contributed by atoms with E-state index in [0.717, 1.165) is 44.0 Å². The summed E-state index contributed by atoms with van der Waals surface area (Å²) in [6.07, 6.45) is 2.95. The van der Waals surface area contributed by atoms with Gasteiger partial charge in [0.1, 0.15) is 0 Å². The summed E-state index contributed by atoms with van der Waals surface area (Å²) in [6, 6.07) is 5.56. The zero-order valence-electron chi connectivity index (χ0n) is 13.3. The zero-order chi connectivity index (χ0) is 15.9. The van der Waals surface area contributed by atoms with Gasteiger partial charge in [0.05, 0.1) is 10.6 Å². The Hall–Kier alpha value is -0.750. The van der Waals surface area contributed by atoms with E-state index in [2.05, 4.69) is 22.2 Å². The van der Waals surface area contributed by atoms with E-state index in [1.165, 1.54) is 0 Å². The van der Waals surface area contributed by atoms with Gasteiger partial charge in [0, 0.05) is 37.6 Å². The van der Waals surface area contributed by atoms with Gasteiger partial charge in [-0.25, -0.2) is 0 Å². The van der Waals surface area contributed by atoms with Crippen molar-refractivity contribution in [3.05, 3.63) is 28.8 Å². The Kier molecular flexibility index (Phi) is 7.02. The smallest absolute Gasteiger partial charge is 0.252 e. The lowest BCUT2D eigenvalue weighted by atomic mass is 10.2. The van der Waals surface area contributed by atoms with E-state index in [1.807, 2.05) is 18.4 Å². The van der Waals surface area contributed by atoms with E-state index in [4.69, 9.17) is 11.6 Å². The standard InChI is InChI=1S/C16H24ClN3OS/c1-19-8-10-20(11-9-19)7-3-6-18-16(21)14-12-13(22-2)4-5-15(14)17/h4-5,12H,3,6-11H2,1-2H3,(H,18,21). The number of benzene rings is 1. The Bertz CT molecular complexity index is 504. The fraction of sp³-hybridized carbons (Fsp3) is 0.562. The second kappa shape index (κ2) is 8.77. The van der Waals surface area contributed by atoms with E-state index >= 15 is 0 Å². The molecule has 0 aliphatic carbocycles. The highest BCUT2D eigenvalue weighted by molar-refractivity contribution is 7.98. The fourth-order valence-electron chi connectivity index (χ4n) is 2.48. The van der Waals surface area contributed by atoms with Crippen molar-refractivity contribution in [2.45, 2.75) is 11.3 Å². The molecule has 1 aromatic rings. The van der Waals surface area contributed by atoms with Crippen LogP contribution < -0.4 is 5.32 Å². The normalized spacial score (nSPS) is 16.7. The Morgan fingerprint density at radius 3 is 2.73 bits per heavy atom.